The van der Waals surface area contributed by atoms with Crippen molar-refractivity contribution in [1.29, 1.82) is 0 Å². The molecule has 6 heteroatoms. The Morgan fingerprint density at radius 3 is 2.50 bits per heavy atom. The Morgan fingerprint density at radius 2 is 2.00 bits per heavy atom. The van der Waals surface area contributed by atoms with Crippen LogP contribution >= 0.6 is 11.6 Å². The molecule has 0 aliphatic heterocycles. The molecule has 0 bridgehead atoms. The molecule has 0 saturated heterocycles. The van der Waals surface area contributed by atoms with Crippen molar-refractivity contribution in [1.82, 2.24) is 0 Å². The molecule has 2 N–H and O–H groups in total. The SMILES string of the molecule is Cc1ccc(N(CCC(=O)O)CC(C)C(=O)O)cc1Cl. The molecule has 20 heavy (non-hydrogen) atoms. The van der Waals surface area contributed by atoms with Crippen LogP contribution in [0.15, 0.2) is 18.2 Å². The summed E-state index contributed by atoms with van der Waals surface area (Å²) in [4.78, 5) is 23.4. The number of hydrogen-bond acceptors (Lipinski definition) is 3. The Labute approximate surface area is 122 Å². The van der Waals surface area contributed by atoms with Gasteiger partial charge in [0.2, 0.25) is 0 Å². The summed E-state index contributed by atoms with van der Waals surface area (Å²) in [7, 11) is 0. The Kier molecular flexibility index (Phi) is 5.82. The van der Waals surface area contributed by atoms with Gasteiger partial charge in [-0.2, -0.15) is 0 Å². The van der Waals surface area contributed by atoms with Gasteiger partial charge < -0.3 is 15.1 Å². The maximum absolute atomic E-state index is 11.0. The Bertz CT molecular complexity index is 504. The van der Waals surface area contributed by atoms with Gasteiger partial charge in [-0.05, 0) is 24.6 Å². The second kappa shape index (κ2) is 7.14. The van der Waals surface area contributed by atoms with E-state index in [1.807, 2.05) is 19.1 Å². The lowest BCUT2D eigenvalue weighted by Crippen LogP contribution is -2.33. The van der Waals surface area contributed by atoms with Gasteiger partial charge in [-0.3, -0.25) is 9.59 Å². The zero-order valence-corrected chi connectivity index (χ0v) is 12.2. The van der Waals surface area contributed by atoms with E-state index in [9.17, 15) is 9.59 Å². The first-order valence-electron chi connectivity index (χ1n) is 6.27. The molecule has 0 aliphatic rings. The maximum Gasteiger partial charge on any atom is 0.308 e. The number of aryl methyl sites for hydroxylation is 1. The highest BCUT2D eigenvalue weighted by Crippen LogP contribution is 2.24. The molecule has 0 fully saturated rings. The number of hydrogen-bond donors (Lipinski definition) is 2. The number of aliphatic carboxylic acids is 2. The fourth-order valence-corrected chi connectivity index (χ4v) is 1.92. The van der Waals surface area contributed by atoms with Crippen LogP contribution in [0.4, 0.5) is 5.69 Å². The summed E-state index contributed by atoms with van der Waals surface area (Å²) in [5, 5.41) is 18.3. The van der Waals surface area contributed by atoms with E-state index in [-0.39, 0.29) is 19.5 Å². The molecule has 0 spiro atoms. The van der Waals surface area contributed by atoms with Gasteiger partial charge in [-0.25, -0.2) is 0 Å². The van der Waals surface area contributed by atoms with Crippen molar-refractivity contribution >= 4 is 29.2 Å². The lowest BCUT2D eigenvalue weighted by atomic mass is 10.1. The molecular formula is C14H18ClNO4. The van der Waals surface area contributed by atoms with Crippen molar-refractivity contribution in [2.45, 2.75) is 20.3 Å². The van der Waals surface area contributed by atoms with Crippen LogP contribution < -0.4 is 4.90 Å². The van der Waals surface area contributed by atoms with E-state index in [4.69, 9.17) is 21.8 Å². The van der Waals surface area contributed by atoms with Crippen LogP contribution in [0.25, 0.3) is 0 Å². The van der Waals surface area contributed by atoms with Crippen molar-refractivity contribution in [3.63, 3.8) is 0 Å². The quantitative estimate of drug-likeness (QED) is 0.809. The van der Waals surface area contributed by atoms with E-state index in [0.29, 0.717) is 5.02 Å². The van der Waals surface area contributed by atoms with E-state index in [0.717, 1.165) is 11.3 Å². The van der Waals surface area contributed by atoms with Gasteiger partial charge in [0.15, 0.2) is 0 Å². The number of rotatable bonds is 7. The van der Waals surface area contributed by atoms with Crippen molar-refractivity contribution in [2.24, 2.45) is 5.92 Å². The van der Waals surface area contributed by atoms with Gasteiger partial charge in [0.1, 0.15) is 0 Å². The molecule has 0 amide bonds. The summed E-state index contributed by atoms with van der Waals surface area (Å²) in [6, 6.07) is 5.38. The standard InChI is InChI=1S/C14H18ClNO4/c1-9-3-4-11(7-12(9)15)16(6-5-13(17)18)8-10(2)14(19)20/h3-4,7,10H,5-6,8H2,1-2H3,(H,17,18)(H,19,20). The van der Waals surface area contributed by atoms with Crippen LogP contribution in [0.2, 0.25) is 5.02 Å². The third-order valence-corrected chi connectivity index (χ3v) is 3.44. The number of anilines is 1. The zero-order chi connectivity index (χ0) is 15.3. The Balaban J connectivity index is 2.92. The molecule has 0 aliphatic carbocycles. The first-order chi connectivity index (χ1) is 9.31. The minimum Gasteiger partial charge on any atom is -0.481 e. The first kappa shape index (κ1) is 16.3. The van der Waals surface area contributed by atoms with E-state index < -0.39 is 17.9 Å². The van der Waals surface area contributed by atoms with Gasteiger partial charge in [0, 0.05) is 23.8 Å². The molecule has 0 radical (unpaired) electrons. The number of benzene rings is 1. The number of carbonyl (C=O) groups is 2. The monoisotopic (exact) mass is 299 g/mol. The van der Waals surface area contributed by atoms with Crippen LogP contribution in [0.1, 0.15) is 18.9 Å². The second-order valence-electron chi connectivity index (χ2n) is 4.76. The molecule has 110 valence electrons. The van der Waals surface area contributed by atoms with Gasteiger partial charge in [0.05, 0.1) is 12.3 Å². The van der Waals surface area contributed by atoms with E-state index in [2.05, 4.69) is 0 Å². The highest BCUT2D eigenvalue weighted by Gasteiger charge is 2.18. The molecule has 1 aromatic rings. The summed E-state index contributed by atoms with van der Waals surface area (Å²) in [6.45, 7) is 3.94. The average molecular weight is 300 g/mol. The predicted octanol–water partition coefficient (Wildman–Crippen LogP) is 2.65. The van der Waals surface area contributed by atoms with Crippen molar-refractivity contribution < 1.29 is 19.8 Å². The molecule has 0 aromatic heterocycles. The summed E-state index contributed by atoms with van der Waals surface area (Å²) < 4.78 is 0. The van der Waals surface area contributed by atoms with Gasteiger partial charge in [-0.15, -0.1) is 0 Å². The number of halogens is 1. The van der Waals surface area contributed by atoms with Crippen molar-refractivity contribution in [2.75, 3.05) is 18.0 Å². The summed E-state index contributed by atoms with van der Waals surface area (Å²) in [5.74, 6) is -2.43. The third kappa shape index (κ3) is 4.74. The first-order valence-corrected chi connectivity index (χ1v) is 6.64. The predicted molar refractivity (Wildman–Crippen MR) is 77.5 cm³/mol. The summed E-state index contributed by atoms with van der Waals surface area (Å²) >= 11 is 6.06. The third-order valence-electron chi connectivity index (χ3n) is 3.03. The maximum atomic E-state index is 11.0. The van der Waals surface area contributed by atoms with Crippen molar-refractivity contribution in [3.8, 4) is 0 Å². The van der Waals surface area contributed by atoms with Gasteiger partial charge >= 0.3 is 11.9 Å². The molecule has 1 atom stereocenters. The van der Waals surface area contributed by atoms with E-state index >= 15 is 0 Å². The minimum absolute atomic E-state index is 0.0577. The van der Waals surface area contributed by atoms with E-state index in [1.54, 1.807) is 17.9 Å². The Hall–Kier alpha value is -1.75. The van der Waals surface area contributed by atoms with E-state index in [1.165, 1.54) is 0 Å². The Morgan fingerprint density at radius 1 is 1.35 bits per heavy atom. The highest BCUT2D eigenvalue weighted by atomic mass is 35.5. The smallest absolute Gasteiger partial charge is 0.308 e. The molecule has 1 aromatic carbocycles. The zero-order valence-electron chi connectivity index (χ0n) is 11.5. The molecule has 0 saturated carbocycles. The molecule has 1 unspecified atom stereocenters. The number of carboxylic acids is 2. The van der Waals surface area contributed by atoms with Gasteiger partial charge in [-0.1, -0.05) is 24.6 Å². The largest absolute Gasteiger partial charge is 0.481 e. The normalized spacial score (nSPS) is 11.9. The number of carboxylic acid groups (broad SMARTS) is 2. The summed E-state index contributed by atoms with van der Waals surface area (Å²) in [6.07, 6.45) is -0.0577. The fraction of sp³-hybridized carbons (Fsp3) is 0.429. The second-order valence-corrected chi connectivity index (χ2v) is 5.17. The van der Waals surface area contributed by atoms with Gasteiger partial charge in [0.25, 0.3) is 0 Å². The topological polar surface area (TPSA) is 77.8 Å². The molecule has 1 rings (SSSR count). The molecule has 0 heterocycles. The van der Waals surface area contributed by atoms with Crippen LogP contribution in [0.5, 0.6) is 0 Å². The lowest BCUT2D eigenvalue weighted by Gasteiger charge is -2.26. The highest BCUT2D eigenvalue weighted by molar-refractivity contribution is 6.31. The lowest BCUT2D eigenvalue weighted by molar-refractivity contribution is -0.140. The fourth-order valence-electron chi connectivity index (χ4n) is 1.74. The van der Waals surface area contributed by atoms with Crippen LogP contribution in [0.3, 0.4) is 0 Å². The van der Waals surface area contributed by atoms with Crippen LogP contribution in [-0.4, -0.2) is 35.2 Å². The van der Waals surface area contributed by atoms with Crippen LogP contribution in [0, 0.1) is 12.8 Å². The summed E-state index contributed by atoms with van der Waals surface area (Å²) in [5.41, 5.74) is 1.65. The minimum atomic E-state index is -0.920. The number of nitrogens with zero attached hydrogens (tertiary/aromatic N) is 1. The van der Waals surface area contributed by atoms with Crippen molar-refractivity contribution in [3.05, 3.63) is 28.8 Å². The van der Waals surface area contributed by atoms with Crippen LogP contribution in [-0.2, 0) is 9.59 Å². The average Bonchev–Trinajstić information content (AvgIpc) is 2.37. The molecular weight excluding hydrogens is 282 g/mol. The molecule has 5 nitrogen and oxygen atoms in total.